The van der Waals surface area contributed by atoms with Gasteiger partial charge in [-0.2, -0.15) is 0 Å². The van der Waals surface area contributed by atoms with Crippen LogP contribution >= 0.6 is 11.5 Å². The van der Waals surface area contributed by atoms with Crippen LogP contribution in [0.1, 0.15) is 27.9 Å². The second-order valence-corrected chi connectivity index (χ2v) is 5.96. The minimum atomic E-state index is -0.124. The number of morpholine rings is 1. The van der Waals surface area contributed by atoms with Gasteiger partial charge in [-0.25, -0.2) is 4.98 Å². The number of aromatic nitrogens is 3. The summed E-state index contributed by atoms with van der Waals surface area (Å²) >= 11 is 1.14. The molecule has 3 rings (SSSR count). The number of pyridine rings is 1. The van der Waals surface area contributed by atoms with Crippen molar-refractivity contribution < 1.29 is 9.53 Å². The Kier molecular flexibility index (Phi) is 5.14. The van der Waals surface area contributed by atoms with Crippen molar-refractivity contribution in [3.05, 3.63) is 34.5 Å². The van der Waals surface area contributed by atoms with Crippen molar-refractivity contribution in [2.75, 3.05) is 31.2 Å². The summed E-state index contributed by atoms with van der Waals surface area (Å²) in [6.07, 6.45) is 2.48. The largest absolute Gasteiger partial charge is 0.378 e. The average Bonchev–Trinajstić information content (AvgIpc) is 3.09. The average molecular weight is 333 g/mol. The third kappa shape index (κ3) is 3.83. The van der Waals surface area contributed by atoms with E-state index in [4.69, 9.17) is 4.74 Å². The van der Waals surface area contributed by atoms with Gasteiger partial charge in [0, 0.05) is 25.8 Å². The number of aryl methyl sites for hydroxylation is 1. The smallest absolute Gasteiger partial charge is 0.265 e. The minimum Gasteiger partial charge on any atom is -0.378 e. The first-order valence-corrected chi connectivity index (χ1v) is 8.42. The number of nitrogens with zero attached hydrogens (tertiary/aromatic N) is 4. The van der Waals surface area contributed by atoms with Crippen LogP contribution in [0.3, 0.4) is 0 Å². The van der Waals surface area contributed by atoms with Crippen LogP contribution in [0.2, 0.25) is 0 Å². The molecule has 2 aromatic rings. The number of nitrogens with one attached hydrogen (secondary N) is 1. The Morgan fingerprint density at radius 1 is 1.43 bits per heavy atom. The van der Waals surface area contributed by atoms with Gasteiger partial charge in [0.25, 0.3) is 5.91 Å². The lowest BCUT2D eigenvalue weighted by atomic mass is 10.2. The summed E-state index contributed by atoms with van der Waals surface area (Å²) in [6, 6.07) is 3.92. The Hall–Kier alpha value is -2.06. The fourth-order valence-corrected chi connectivity index (χ4v) is 3.08. The van der Waals surface area contributed by atoms with E-state index < -0.39 is 0 Å². The first-order valence-electron chi connectivity index (χ1n) is 7.65. The van der Waals surface area contributed by atoms with Crippen molar-refractivity contribution in [1.29, 1.82) is 0 Å². The number of carbonyl (C=O) groups is 1. The highest BCUT2D eigenvalue weighted by atomic mass is 32.1. The zero-order valence-corrected chi connectivity index (χ0v) is 13.8. The Balaban J connectivity index is 1.63. The fraction of sp³-hybridized carbons (Fsp3) is 0.467. The SMILES string of the molecule is CCc1nnsc1C(=O)NCc1ccnc(N2CCOCC2)c1. The fourth-order valence-electron chi connectivity index (χ4n) is 2.41. The molecule has 122 valence electrons. The molecule has 23 heavy (non-hydrogen) atoms. The number of ether oxygens (including phenoxy) is 1. The van der Waals surface area contributed by atoms with Crippen molar-refractivity contribution in [1.82, 2.24) is 19.9 Å². The second kappa shape index (κ2) is 7.47. The molecule has 0 saturated carbocycles. The van der Waals surface area contributed by atoms with E-state index in [9.17, 15) is 4.79 Å². The van der Waals surface area contributed by atoms with Crippen LogP contribution in [-0.2, 0) is 17.7 Å². The molecule has 7 nitrogen and oxygen atoms in total. The van der Waals surface area contributed by atoms with Gasteiger partial charge in [-0.3, -0.25) is 4.79 Å². The molecule has 1 aliphatic heterocycles. The van der Waals surface area contributed by atoms with E-state index in [1.807, 2.05) is 19.1 Å². The lowest BCUT2D eigenvalue weighted by molar-refractivity contribution is 0.0954. The first-order chi connectivity index (χ1) is 11.3. The minimum absolute atomic E-state index is 0.124. The van der Waals surface area contributed by atoms with Crippen LogP contribution in [0.4, 0.5) is 5.82 Å². The predicted octanol–water partition coefficient (Wildman–Crippen LogP) is 1.26. The molecule has 1 amide bonds. The van der Waals surface area contributed by atoms with Crippen molar-refractivity contribution in [3.8, 4) is 0 Å². The topological polar surface area (TPSA) is 80.2 Å². The van der Waals surface area contributed by atoms with Gasteiger partial charge in [-0.05, 0) is 35.6 Å². The standard InChI is InChI=1S/C15H19N5O2S/c1-2-12-14(23-19-18-12)15(21)17-10-11-3-4-16-13(9-11)20-5-7-22-8-6-20/h3-4,9H,2,5-8,10H2,1H3,(H,17,21). The van der Waals surface area contributed by atoms with Crippen LogP contribution in [0.5, 0.6) is 0 Å². The molecule has 0 spiro atoms. The molecule has 1 saturated heterocycles. The Labute approximate surface area is 138 Å². The van der Waals surface area contributed by atoms with Crippen LogP contribution in [0.15, 0.2) is 18.3 Å². The molecule has 8 heteroatoms. The normalized spacial score (nSPS) is 14.7. The Morgan fingerprint density at radius 3 is 3.04 bits per heavy atom. The lowest BCUT2D eigenvalue weighted by Crippen LogP contribution is -2.36. The molecule has 0 radical (unpaired) electrons. The highest BCUT2D eigenvalue weighted by Crippen LogP contribution is 2.15. The molecule has 0 unspecified atom stereocenters. The zero-order valence-electron chi connectivity index (χ0n) is 13.0. The van der Waals surface area contributed by atoms with Crippen molar-refractivity contribution in [2.24, 2.45) is 0 Å². The summed E-state index contributed by atoms with van der Waals surface area (Å²) in [5, 5.41) is 6.89. The van der Waals surface area contributed by atoms with E-state index in [0.29, 0.717) is 17.8 Å². The van der Waals surface area contributed by atoms with Crippen LogP contribution < -0.4 is 10.2 Å². The van der Waals surface area contributed by atoms with E-state index in [-0.39, 0.29) is 5.91 Å². The van der Waals surface area contributed by atoms with Gasteiger partial charge in [0.2, 0.25) is 0 Å². The molecule has 0 atom stereocenters. The first kappa shape index (κ1) is 15.8. The Morgan fingerprint density at radius 2 is 2.26 bits per heavy atom. The number of rotatable bonds is 5. The summed E-state index contributed by atoms with van der Waals surface area (Å²) in [7, 11) is 0. The summed E-state index contributed by atoms with van der Waals surface area (Å²) in [4.78, 5) is 19.4. The maximum Gasteiger partial charge on any atom is 0.265 e. The van der Waals surface area contributed by atoms with E-state index in [1.165, 1.54) is 0 Å². The molecule has 1 N–H and O–H groups in total. The van der Waals surface area contributed by atoms with E-state index in [0.717, 1.165) is 54.9 Å². The second-order valence-electron chi connectivity index (χ2n) is 5.21. The molecule has 0 aliphatic carbocycles. The monoisotopic (exact) mass is 333 g/mol. The number of anilines is 1. The summed E-state index contributed by atoms with van der Waals surface area (Å²) in [5.74, 6) is 0.801. The molecule has 1 fully saturated rings. The quantitative estimate of drug-likeness (QED) is 0.887. The number of amides is 1. The third-order valence-corrected chi connectivity index (χ3v) is 4.46. The number of carbonyl (C=O) groups excluding carboxylic acids is 1. The number of hydrogen-bond donors (Lipinski definition) is 1. The van der Waals surface area contributed by atoms with E-state index >= 15 is 0 Å². The van der Waals surface area contributed by atoms with Gasteiger partial charge >= 0.3 is 0 Å². The van der Waals surface area contributed by atoms with Gasteiger partial charge in [0.1, 0.15) is 10.7 Å². The Bertz CT molecular complexity index is 669. The predicted molar refractivity (Wildman–Crippen MR) is 87.7 cm³/mol. The van der Waals surface area contributed by atoms with Crippen LogP contribution in [0.25, 0.3) is 0 Å². The third-order valence-electron chi connectivity index (χ3n) is 3.69. The summed E-state index contributed by atoms with van der Waals surface area (Å²) in [6.45, 7) is 5.55. The van der Waals surface area contributed by atoms with Gasteiger partial charge in [0.15, 0.2) is 0 Å². The highest BCUT2D eigenvalue weighted by molar-refractivity contribution is 7.08. The molecule has 0 bridgehead atoms. The van der Waals surface area contributed by atoms with Gasteiger partial charge in [0.05, 0.1) is 18.9 Å². The molecule has 0 aromatic carbocycles. The van der Waals surface area contributed by atoms with Crippen molar-refractivity contribution in [2.45, 2.75) is 19.9 Å². The van der Waals surface area contributed by atoms with Crippen LogP contribution in [0, 0.1) is 0 Å². The van der Waals surface area contributed by atoms with Crippen molar-refractivity contribution >= 4 is 23.3 Å². The highest BCUT2D eigenvalue weighted by Gasteiger charge is 2.15. The molecular formula is C15H19N5O2S. The van der Waals surface area contributed by atoms with Crippen molar-refractivity contribution in [3.63, 3.8) is 0 Å². The van der Waals surface area contributed by atoms with Gasteiger partial charge in [-0.15, -0.1) is 5.10 Å². The summed E-state index contributed by atoms with van der Waals surface area (Å²) < 4.78 is 9.20. The van der Waals surface area contributed by atoms with E-state index in [1.54, 1.807) is 6.20 Å². The van der Waals surface area contributed by atoms with Crippen LogP contribution in [-0.4, -0.2) is 46.8 Å². The van der Waals surface area contributed by atoms with Gasteiger partial charge in [-0.1, -0.05) is 11.4 Å². The van der Waals surface area contributed by atoms with E-state index in [2.05, 4.69) is 24.8 Å². The van der Waals surface area contributed by atoms with Gasteiger partial charge < -0.3 is 15.0 Å². The molecule has 3 heterocycles. The molecular weight excluding hydrogens is 314 g/mol. The maximum absolute atomic E-state index is 12.2. The maximum atomic E-state index is 12.2. The molecule has 1 aliphatic rings. The summed E-state index contributed by atoms with van der Waals surface area (Å²) in [5.41, 5.74) is 1.77. The molecule has 2 aromatic heterocycles. The zero-order chi connectivity index (χ0) is 16.1. The number of hydrogen-bond acceptors (Lipinski definition) is 7. The lowest BCUT2D eigenvalue weighted by Gasteiger charge is -2.28.